The Morgan fingerprint density at radius 1 is 1.15 bits per heavy atom. The number of rotatable bonds is 3. The third-order valence-electron chi connectivity index (χ3n) is 5.42. The number of nitrogens with one attached hydrogen (secondary N) is 1. The zero-order valence-electron chi connectivity index (χ0n) is 15.2. The molecule has 1 unspecified atom stereocenters. The quantitative estimate of drug-likeness (QED) is 0.794. The Morgan fingerprint density at radius 3 is 2.74 bits per heavy atom. The van der Waals surface area contributed by atoms with Crippen molar-refractivity contribution in [2.24, 2.45) is 0 Å². The average molecular weight is 385 g/mol. The maximum Gasteiger partial charge on any atom is 0.241 e. The van der Waals surface area contributed by atoms with E-state index in [9.17, 15) is 13.2 Å². The van der Waals surface area contributed by atoms with Crippen molar-refractivity contribution in [3.63, 3.8) is 0 Å². The van der Waals surface area contributed by atoms with E-state index >= 15 is 0 Å². The van der Waals surface area contributed by atoms with Gasteiger partial charge in [-0.1, -0.05) is 12.1 Å². The van der Waals surface area contributed by atoms with Crippen molar-refractivity contribution in [3.05, 3.63) is 53.1 Å². The zero-order chi connectivity index (χ0) is 19.2. The van der Waals surface area contributed by atoms with Crippen LogP contribution in [-0.2, 0) is 27.7 Å². The molecule has 0 radical (unpaired) electrons. The predicted molar refractivity (Wildman–Crippen MR) is 105 cm³/mol. The van der Waals surface area contributed by atoms with E-state index in [1.807, 2.05) is 24.3 Å². The molecule has 1 amide bonds. The lowest BCUT2D eigenvalue weighted by atomic mass is 9.88. The molecule has 4 rings (SSSR count). The molecule has 7 heteroatoms. The molecule has 27 heavy (non-hydrogen) atoms. The van der Waals surface area contributed by atoms with Crippen LogP contribution in [0.3, 0.4) is 0 Å². The third kappa shape index (κ3) is 3.33. The molecule has 2 aliphatic rings. The normalized spacial score (nSPS) is 18.9. The molecule has 2 aromatic carbocycles. The minimum absolute atomic E-state index is 0.0740. The molecule has 0 saturated carbocycles. The number of nitrogen functional groups attached to an aromatic ring is 1. The van der Waals surface area contributed by atoms with Crippen LogP contribution in [0, 0.1) is 0 Å². The van der Waals surface area contributed by atoms with Crippen LogP contribution in [-0.4, -0.2) is 20.9 Å². The van der Waals surface area contributed by atoms with Crippen molar-refractivity contribution < 1.29 is 13.2 Å². The van der Waals surface area contributed by atoms with Gasteiger partial charge >= 0.3 is 0 Å². The summed E-state index contributed by atoms with van der Waals surface area (Å²) in [5.74, 6) is -0.0740. The van der Waals surface area contributed by atoms with Gasteiger partial charge in [-0.2, -0.15) is 0 Å². The molecule has 1 aliphatic carbocycles. The number of amides is 1. The number of sulfonamides is 1. The zero-order valence-corrected chi connectivity index (χ0v) is 16.1. The maximum absolute atomic E-state index is 13.0. The van der Waals surface area contributed by atoms with Crippen LogP contribution in [0.25, 0.3) is 0 Å². The van der Waals surface area contributed by atoms with Gasteiger partial charge in [0.1, 0.15) is 0 Å². The summed E-state index contributed by atoms with van der Waals surface area (Å²) < 4.78 is 28.9. The minimum Gasteiger partial charge on any atom is -0.399 e. The Kier molecular flexibility index (Phi) is 4.44. The van der Waals surface area contributed by atoms with Crippen molar-refractivity contribution >= 4 is 27.3 Å². The first-order valence-electron chi connectivity index (χ1n) is 9.17. The van der Waals surface area contributed by atoms with Gasteiger partial charge in [0.25, 0.3) is 0 Å². The smallest absolute Gasteiger partial charge is 0.241 e. The van der Waals surface area contributed by atoms with Crippen LogP contribution < -0.4 is 15.4 Å². The number of nitrogens with two attached hydrogens (primary N) is 1. The molecule has 6 nitrogen and oxygen atoms in total. The van der Waals surface area contributed by atoms with Gasteiger partial charge in [0.2, 0.25) is 15.9 Å². The van der Waals surface area contributed by atoms with E-state index in [1.165, 1.54) is 6.92 Å². The highest BCUT2D eigenvalue weighted by molar-refractivity contribution is 7.89. The second-order valence-electron chi connectivity index (χ2n) is 7.24. The number of carbonyl (C=O) groups excluding carboxylic acids is 1. The summed E-state index contributed by atoms with van der Waals surface area (Å²) >= 11 is 0. The monoisotopic (exact) mass is 385 g/mol. The van der Waals surface area contributed by atoms with Crippen LogP contribution in [0.2, 0.25) is 0 Å². The van der Waals surface area contributed by atoms with Gasteiger partial charge in [-0.3, -0.25) is 4.79 Å². The fraction of sp³-hybridized carbons (Fsp3) is 0.350. The summed E-state index contributed by atoms with van der Waals surface area (Å²) in [6.45, 7) is 2.10. The number of hydrogen-bond donors (Lipinski definition) is 2. The van der Waals surface area contributed by atoms with Crippen LogP contribution in [0.5, 0.6) is 0 Å². The number of benzene rings is 2. The van der Waals surface area contributed by atoms with E-state index in [1.54, 1.807) is 17.0 Å². The number of aryl methyl sites for hydroxylation is 1. The molecular weight excluding hydrogens is 362 g/mol. The summed E-state index contributed by atoms with van der Waals surface area (Å²) in [7, 11) is -3.70. The van der Waals surface area contributed by atoms with Crippen LogP contribution in [0.4, 0.5) is 11.4 Å². The number of fused-ring (bicyclic) bond motifs is 2. The largest absolute Gasteiger partial charge is 0.399 e. The molecule has 1 heterocycles. The number of carbonyl (C=O) groups is 1. The van der Waals surface area contributed by atoms with Crippen LogP contribution in [0.1, 0.15) is 42.5 Å². The minimum atomic E-state index is -3.70. The van der Waals surface area contributed by atoms with Crippen molar-refractivity contribution in [2.45, 2.75) is 43.5 Å². The topological polar surface area (TPSA) is 92.5 Å². The van der Waals surface area contributed by atoms with Gasteiger partial charge in [-0.05, 0) is 66.6 Å². The predicted octanol–water partition coefficient (Wildman–Crippen LogP) is 2.53. The van der Waals surface area contributed by atoms with E-state index in [0.717, 1.165) is 42.4 Å². The molecule has 0 aromatic heterocycles. The Balaban J connectivity index is 1.64. The van der Waals surface area contributed by atoms with E-state index in [-0.39, 0.29) is 16.8 Å². The summed E-state index contributed by atoms with van der Waals surface area (Å²) in [6, 6.07) is 10.4. The number of nitrogens with zero attached hydrogens (tertiary/aromatic N) is 1. The molecule has 0 spiro atoms. The molecule has 2 aromatic rings. The van der Waals surface area contributed by atoms with Crippen LogP contribution >= 0.6 is 0 Å². The lowest BCUT2D eigenvalue weighted by molar-refractivity contribution is -0.116. The molecule has 0 fully saturated rings. The lowest BCUT2D eigenvalue weighted by Crippen LogP contribution is -2.31. The molecule has 0 bridgehead atoms. The highest BCUT2D eigenvalue weighted by Crippen LogP contribution is 2.34. The number of hydrogen-bond acceptors (Lipinski definition) is 4. The van der Waals surface area contributed by atoms with Gasteiger partial charge in [-0.25, -0.2) is 13.1 Å². The highest BCUT2D eigenvalue weighted by atomic mass is 32.2. The molecule has 142 valence electrons. The number of anilines is 2. The summed E-state index contributed by atoms with van der Waals surface area (Å²) in [5.41, 5.74) is 10.4. The Labute approximate surface area is 159 Å². The Hall–Kier alpha value is -2.38. The first-order chi connectivity index (χ1) is 12.8. The first-order valence-corrected chi connectivity index (χ1v) is 10.6. The standard InChI is InChI=1S/C20H23N3O3S/c1-13(24)23-10-9-14-5-7-17(12-20(14)23)27(25,26)22-19-4-2-3-15-11-16(21)6-8-18(15)19/h5-8,11-12,19,22H,2-4,9-10,21H2,1H3. The molecular formula is C20H23N3O3S. The second kappa shape index (κ2) is 6.65. The molecule has 0 saturated heterocycles. The highest BCUT2D eigenvalue weighted by Gasteiger charge is 2.28. The van der Waals surface area contributed by atoms with Crippen molar-refractivity contribution in [2.75, 3.05) is 17.2 Å². The summed E-state index contributed by atoms with van der Waals surface area (Å²) in [5, 5.41) is 0. The fourth-order valence-electron chi connectivity index (χ4n) is 4.07. The van der Waals surface area contributed by atoms with E-state index in [0.29, 0.717) is 17.9 Å². The molecule has 1 atom stereocenters. The van der Waals surface area contributed by atoms with Crippen molar-refractivity contribution in [1.29, 1.82) is 0 Å². The van der Waals surface area contributed by atoms with Gasteiger partial charge in [0.05, 0.1) is 4.90 Å². The van der Waals surface area contributed by atoms with Gasteiger partial charge in [0.15, 0.2) is 0 Å². The van der Waals surface area contributed by atoms with E-state index in [4.69, 9.17) is 5.73 Å². The second-order valence-corrected chi connectivity index (χ2v) is 8.95. The van der Waals surface area contributed by atoms with Gasteiger partial charge in [0, 0.05) is 30.9 Å². The van der Waals surface area contributed by atoms with E-state index < -0.39 is 10.0 Å². The lowest BCUT2D eigenvalue weighted by Gasteiger charge is -2.26. The van der Waals surface area contributed by atoms with Gasteiger partial charge < -0.3 is 10.6 Å². The van der Waals surface area contributed by atoms with Crippen LogP contribution in [0.15, 0.2) is 41.3 Å². The SMILES string of the molecule is CC(=O)N1CCc2ccc(S(=O)(=O)NC3CCCc4cc(N)ccc43)cc21. The maximum atomic E-state index is 13.0. The Morgan fingerprint density at radius 2 is 1.96 bits per heavy atom. The third-order valence-corrected chi connectivity index (χ3v) is 6.89. The molecule has 3 N–H and O–H groups in total. The Bertz CT molecular complexity index is 1020. The molecule has 1 aliphatic heterocycles. The van der Waals surface area contributed by atoms with Crippen molar-refractivity contribution in [3.8, 4) is 0 Å². The summed E-state index contributed by atoms with van der Waals surface area (Å²) in [4.78, 5) is 13.6. The first kappa shape index (κ1) is 18.0. The average Bonchev–Trinajstić information content (AvgIpc) is 3.05. The van der Waals surface area contributed by atoms with Crippen molar-refractivity contribution in [1.82, 2.24) is 4.72 Å². The fourth-order valence-corrected chi connectivity index (χ4v) is 5.33. The van der Waals surface area contributed by atoms with Gasteiger partial charge in [-0.15, -0.1) is 0 Å². The van der Waals surface area contributed by atoms with E-state index in [2.05, 4.69) is 4.72 Å². The summed E-state index contributed by atoms with van der Waals surface area (Å²) in [6.07, 6.45) is 3.32.